The zero-order chi connectivity index (χ0) is 41.0. The Kier molecular flexibility index (Phi) is 8.46. The van der Waals surface area contributed by atoms with Crippen LogP contribution < -0.4 is 0 Å². The highest BCUT2D eigenvalue weighted by Gasteiger charge is 2.15. The third-order valence-corrected chi connectivity index (χ3v) is 12.0. The first-order valence-corrected chi connectivity index (χ1v) is 20.9. The van der Waals surface area contributed by atoms with Crippen molar-refractivity contribution in [1.29, 1.82) is 0 Å². The van der Waals surface area contributed by atoms with Gasteiger partial charge in [0, 0.05) is 45.1 Å². The first-order valence-electron chi connectivity index (χ1n) is 20.9. The standard InChI is InChI=1S/C58H36N2O2/c1-3-19-55-49(13-1)51-17-7-15-47(57(51)61-55)45-11-5-9-41(33-45)37-21-25-39(26-22-37)43-29-31-59-53(35-43)54-36-44(30-32-60-54)40-27-23-38(24-28-40)42-10-6-12-46(34-42)48-16-8-18-52-50-14-2-4-20-56(50)62-58(48)52/h1-36H. The molecule has 62 heavy (non-hydrogen) atoms. The molecule has 4 nitrogen and oxygen atoms in total. The summed E-state index contributed by atoms with van der Waals surface area (Å²) in [7, 11) is 0. The smallest absolute Gasteiger partial charge is 0.143 e. The average molecular weight is 793 g/mol. The van der Waals surface area contributed by atoms with Crippen LogP contribution in [0.5, 0.6) is 0 Å². The van der Waals surface area contributed by atoms with Gasteiger partial charge in [-0.2, -0.15) is 0 Å². The molecule has 290 valence electrons. The quantitative estimate of drug-likeness (QED) is 0.161. The van der Waals surface area contributed by atoms with E-state index >= 15 is 0 Å². The van der Waals surface area contributed by atoms with Crippen molar-refractivity contribution in [2.45, 2.75) is 0 Å². The molecule has 0 saturated heterocycles. The maximum atomic E-state index is 6.36. The second-order valence-corrected chi connectivity index (χ2v) is 15.7. The van der Waals surface area contributed by atoms with Crippen molar-refractivity contribution in [3.05, 3.63) is 219 Å². The Morgan fingerprint density at radius 2 is 0.613 bits per heavy atom. The molecule has 0 atom stereocenters. The number of para-hydroxylation sites is 4. The zero-order valence-electron chi connectivity index (χ0n) is 33.5. The predicted molar refractivity (Wildman–Crippen MR) is 255 cm³/mol. The molecule has 0 bridgehead atoms. The van der Waals surface area contributed by atoms with Gasteiger partial charge >= 0.3 is 0 Å². The fraction of sp³-hybridized carbons (Fsp3) is 0. The van der Waals surface area contributed by atoms with Crippen LogP contribution in [-0.4, -0.2) is 9.97 Å². The van der Waals surface area contributed by atoms with E-state index in [0.29, 0.717) is 0 Å². The number of furan rings is 2. The summed E-state index contributed by atoms with van der Waals surface area (Å²) in [6, 6.07) is 72.5. The van der Waals surface area contributed by atoms with Crippen molar-refractivity contribution >= 4 is 43.9 Å². The van der Waals surface area contributed by atoms with E-state index in [9.17, 15) is 0 Å². The highest BCUT2D eigenvalue weighted by molar-refractivity contribution is 6.10. The van der Waals surface area contributed by atoms with E-state index in [-0.39, 0.29) is 0 Å². The molecule has 12 aromatic rings. The number of benzene rings is 8. The van der Waals surface area contributed by atoms with Crippen LogP contribution in [0.3, 0.4) is 0 Å². The van der Waals surface area contributed by atoms with Crippen molar-refractivity contribution in [2.24, 2.45) is 0 Å². The molecule has 0 aliphatic heterocycles. The lowest BCUT2D eigenvalue weighted by molar-refractivity contribution is 0.669. The molecule has 0 fully saturated rings. The fourth-order valence-electron chi connectivity index (χ4n) is 8.89. The molecule has 0 saturated carbocycles. The van der Waals surface area contributed by atoms with Gasteiger partial charge in [-0.15, -0.1) is 0 Å². The Hall–Kier alpha value is -8.34. The molecule has 0 amide bonds. The molecular weight excluding hydrogens is 757 g/mol. The number of pyridine rings is 2. The molecular formula is C58H36N2O2. The minimum absolute atomic E-state index is 0.828. The molecule has 0 aliphatic carbocycles. The molecule has 0 N–H and O–H groups in total. The molecule has 0 unspecified atom stereocenters. The van der Waals surface area contributed by atoms with Crippen LogP contribution in [0.4, 0.5) is 0 Å². The Bertz CT molecular complexity index is 3390. The topological polar surface area (TPSA) is 52.1 Å². The number of aromatic nitrogens is 2. The van der Waals surface area contributed by atoms with Crippen LogP contribution in [0.25, 0.3) is 122 Å². The second kappa shape index (κ2) is 14.7. The van der Waals surface area contributed by atoms with Crippen LogP contribution in [0.2, 0.25) is 0 Å². The van der Waals surface area contributed by atoms with Crippen LogP contribution in [0.1, 0.15) is 0 Å². The van der Waals surface area contributed by atoms with Gasteiger partial charge in [0.05, 0.1) is 11.4 Å². The zero-order valence-corrected chi connectivity index (χ0v) is 33.5. The van der Waals surface area contributed by atoms with Crippen molar-refractivity contribution in [1.82, 2.24) is 9.97 Å². The average Bonchev–Trinajstić information content (AvgIpc) is 3.93. The van der Waals surface area contributed by atoms with Crippen molar-refractivity contribution in [2.75, 3.05) is 0 Å². The van der Waals surface area contributed by atoms with Gasteiger partial charge in [0.15, 0.2) is 0 Å². The Morgan fingerprint density at radius 1 is 0.258 bits per heavy atom. The van der Waals surface area contributed by atoms with Crippen LogP contribution >= 0.6 is 0 Å². The predicted octanol–water partition coefficient (Wildman–Crippen LogP) is 15.9. The third kappa shape index (κ3) is 6.25. The summed E-state index contributed by atoms with van der Waals surface area (Å²) in [5.41, 5.74) is 18.7. The van der Waals surface area contributed by atoms with E-state index in [1.807, 2.05) is 36.7 Å². The maximum absolute atomic E-state index is 6.36. The Balaban J connectivity index is 0.786. The summed E-state index contributed by atoms with van der Waals surface area (Å²) in [5, 5.41) is 4.54. The lowest BCUT2D eigenvalue weighted by Gasteiger charge is -2.10. The SMILES string of the molecule is c1cc(-c2ccc(-c3ccnc(-c4cc(-c5ccc(-c6cccc(-c7cccc8c7oc7ccccc78)c6)cc5)ccn4)c3)cc2)cc(-c2cccc3c2oc2ccccc23)c1. The van der Waals surface area contributed by atoms with Gasteiger partial charge in [-0.1, -0.05) is 158 Å². The van der Waals surface area contributed by atoms with E-state index in [2.05, 4.69) is 182 Å². The van der Waals surface area contributed by atoms with Crippen molar-refractivity contribution < 1.29 is 8.83 Å². The summed E-state index contributed by atoms with van der Waals surface area (Å²) >= 11 is 0. The monoisotopic (exact) mass is 792 g/mol. The molecule has 0 radical (unpaired) electrons. The summed E-state index contributed by atoms with van der Waals surface area (Å²) in [6.07, 6.45) is 3.74. The number of hydrogen-bond acceptors (Lipinski definition) is 4. The van der Waals surface area contributed by atoms with Crippen LogP contribution in [0.15, 0.2) is 227 Å². The fourth-order valence-corrected chi connectivity index (χ4v) is 8.89. The van der Waals surface area contributed by atoms with Gasteiger partial charge in [0.2, 0.25) is 0 Å². The van der Waals surface area contributed by atoms with Crippen LogP contribution in [-0.2, 0) is 0 Å². The molecule has 4 aromatic heterocycles. The highest BCUT2D eigenvalue weighted by Crippen LogP contribution is 2.39. The van der Waals surface area contributed by atoms with Gasteiger partial charge in [-0.05, 0) is 104 Å². The molecule has 8 aromatic carbocycles. The lowest BCUT2D eigenvalue weighted by Crippen LogP contribution is -1.90. The minimum atomic E-state index is 0.828. The first-order chi connectivity index (χ1) is 30.7. The van der Waals surface area contributed by atoms with Gasteiger partial charge in [0.1, 0.15) is 22.3 Å². The third-order valence-electron chi connectivity index (χ3n) is 12.0. The van der Waals surface area contributed by atoms with Crippen molar-refractivity contribution in [3.63, 3.8) is 0 Å². The second-order valence-electron chi connectivity index (χ2n) is 15.7. The van der Waals surface area contributed by atoms with Gasteiger partial charge in [-0.3, -0.25) is 9.97 Å². The van der Waals surface area contributed by atoms with Crippen LogP contribution in [0, 0.1) is 0 Å². The summed E-state index contributed by atoms with van der Waals surface area (Å²) in [5.74, 6) is 0. The first kappa shape index (κ1) is 35.6. The Labute approximate surface area is 358 Å². The molecule has 4 heterocycles. The number of hydrogen-bond donors (Lipinski definition) is 0. The van der Waals surface area contributed by atoms with E-state index in [1.54, 1.807) is 0 Å². The number of fused-ring (bicyclic) bond motifs is 6. The molecule has 4 heteroatoms. The van der Waals surface area contributed by atoms with Gasteiger partial charge in [-0.25, -0.2) is 0 Å². The molecule has 0 spiro atoms. The maximum Gasteiger partial charge on any atom is 0.143 e. The van der Waals surface area contributed by atoms with E-state index in [1.165, 1.54) is 0 Å². The summed E-state index contributed by atoms with van der Waals surface area (Å²) < 4.78 is 12.7. The lowest BCUT2D eigenvalue weighted by atomic mass is 9.96. The van der Waals surface area contributed by atoms with E-state index < -0.39 is 0 Å². The number of nitrogens with zero attached hydrogens (tertiary/aromatic N) is 2. The molecule has 12 rings (SSSR count). The number of rotatable bonds is 7. The normalized spacial score (nSPS) is 11.5. The largest absolute Gasteiger partial charge is 0.455 e. The summed E-state index contributed by atoms with van der Waals surface area (Å²) in [6.45, 7) is 0. The van der Waals surface area contributed by atoms with Gasteiger partial charge in [0.25, 0.3) is 0 Å². The van der Waals surface area contributed by atoms with Gasteiger partial charge < -0.3 is 8.83 Å². The highest BCUT2D eigenvalue weighted by atomic mass is 16.3. The van der Waals surface area contributed by atoms with E-state index in [0.717, 1.165) is 122 Å². The summed E-state index contributed by atoms with van der Waals surface area (Å²) in [4.78, 5) is 9.50. The van der Waals surface area contributed by atoms with Crippen molar-refractivity contribution in [3.8, 4) is 78.1 Å². The molecule has 0 aliphatic rings. The van der Waals surface area contributed by atoms with E-state index in [4.69, 9.17) is 18.8 Å². The Morgan fingerprint density at radius 3 is 1.05 bits per heavy atom. The minimum Gasteiger partial charge on any atom is -0.455 e.